The summed E-state index contributed by atoms with van der Waals surface area (Å²) >= 11 is -1.62. The molecule has 0 fully saturated rings. The van der Waals surface area contributed by atoms with Crippen LogP contribution in [0.2, 0.25) is 0 Å². The summed E-state index contributed by atoms with van der Waals surface area (Å²) in [5.74, 6) is 0.835. The van der Waals surface area contributed by atoms with Gasteiger partial charge in [0.05, 0.1) is 10.6 Å². The zero-order valence-corrected chi connectivity index (χ0v) is 14.2. The number of nitrogens with zero attached hydrogens (tertiary/aromatic N) is 1. The van der Waals surface area contributed by atoms with Crippen LogP contribution in [0, 0.1) is 12.8 Å². The molecule has 0 aliphatic carbocycles. The third-order valence-corrected chi connectivity index (χ3v) is 4.90. The molecule has 1 aliphatic rings. The zero-order chi connectivity index (χ0) is 16.4. The molecule has 0 N–H and O–H groups in total. The predicted molar refractivity (Wildman–Crippen MR) is 90.9 cm³/mol. The average Bonchev–Trinajstić information content (AvgIpc) is 2.55. The van der Waals surface area contributed by atoms with Crippen LogP contribution in [0.5, 0.6) is 5.75 Å². The van der Waals surface area contributed by atoms with Crippen molar-refractivity contribution in [3.63, 3.8) is 0 Å². The standard InChI is InChI=1S/C18H19NO3S/c1-12-8-10-15(11-9-12)23(20)22-19-18-13(2)14(3)21-17-7-5-4-6-16(17)18/h4-11,13-14H,1-3H3/b19-18+. The van der Waals surface area contributed by atoms with Gasteiger partial charge in [0.15, 0.2) is 0 Å². The van der Waals surface area contributed by atoms with Crippen molar-refractivity contribution in [1.82, 2.24) is 0 Å². The van der Waals surface area contributed by atoms with Crippen LogP contribution in [0.3, 0.4) is 0 Å². The molecule has 0 amide bonds. The molecule has 0 saturated heterocycles. The van der Waals surface area contributed by atoms with E-state index in [0.29, 0.717) is 4.90 Å². The third kappa shape index (κ3) is 3.29. The number of ether oxygens (including phenoxy) is 1. The Hall–Kier alpha value is -2.14. The van der Waals surface area contributed by atoms with Crippen LogP contribution in [0.15, 0.2) is 58.6 Å². The van der Waals surface area contributed by atoms with Crippen molar-refractivity contribution >= 4 is 16.8 Å². The Bertz CT molecular complexity index is 755. The molecule has 3 rings (SSSR count). The van der Waals surface area contributed by atoms with Crippen molar-refractivity contribution in [2.45, 2.75) is 31.8 Å². The lowest BCUT2D eigenvalue weighted by molar-refractivity contribution is 0.180. The normalized spacial score (nSPS) is 23.0. The number of hydrogen-bond donors (Lipinski definition) is 0. The molecule has 4 nitrogen and oxygen atoms in total. The van der Waals surface area contributed by atoms with Crippen molar-refractivity contribution in [1.29, 1.82) is 0 Å². The molecule has 23 heavy (non-hydrogen) atoms. The lowest BCUT2D eigenvalue weighted by atomic mass is 9.91. The van der Waals surface area contributed by atoms with Crippen molar-refractivity contribution in [3.05, 3.63) is 59.7 Å². The van der Waals surface area contributed by atoms with Gasteiger partial charge in [0.2, 0.25) is 0 Å². The van der Waals surface area contributed by atoms with Gasteiger partial charge in [-0.1, -0.05) is 41.9 Å². The highest BCUT2D eigenvalue weighted by Gasteiger charge is 2.30. The average molecular weight is 329 g/mol. The van der Waals surface area contributed by atoms with Gasteiger partial charge in [-0.05, 0) is 38.1 Å². The number of fused-ring (bicyclic) bond motifs is 1. The second-order valence-electron chi connectivity index (χ2n) is 5.71. The molecule has 0 bridgehead atoms. The molecular formula is C18H19NO3S. The van der Waals surface area contributed by atoms with Crippen LogP contribution in [0.25, 0.3) is 0 Å². The van der Waals surface area contributed by atoms with Gasteiger partial charge in [0.25, 0.3) is 11.1 Å². The summed E-state index contributed by atoms with van der Waals surface area (Å²) in [6, 6.07) is 15.1. The molecular weight excluding hydrogens is 310 g/mol. The van der Waals surface area contributed by atoms with E-state index in [1.165, 1.54) is 0 Å². The number of para-hydroxylation sites is 1. The van der Waals surface area contributed by atoms with Crippen LogP contribution >= 0.6 is 0 Å². The number of aryl methyl sites for hydroxylation is 1. The van der Waals surface area contributed by atoms with E-state index in [1.54, 1.807) is 12.1 Å². The summed E-state index contributed by atoms with van der Waals surface area (Å²) in [6.45, 7) is 6.00. The molecule has 0 spiro atoms. The largest absolute Gasteiger partial charge is 0.489 e. The minimum Gasteiger partial charge on any atom is -0.489 e. The summed E-state index contributed by atoms with van der Waals surface area (Å²) < 4.78 is 23.4. The lowest BCUT2D eigenvalue weighted by Crippen LogP contribution is -2.34. The summed E-state index contributed by atoms with van der Waals surface area (Å²) in [6.07, 6.45) is -0.0138. The van der Waals surface area contributed by atoms with Crippen LogP contribution in [0.4, 0.5) is 0 Å². The van der Waals surface area contributed by atoms with Crippen LogP contribution < -0.4 is 4.74 Å². The van der Waals surface area contributed by atoms with E-state index in [9.17, 15) is 4.21 Å². The first-order chi connectivity index (χ1) is 11.1. The Kier molecular flexibility index (Phi) is 4.48. The predicted octanol–water partition coefficient (Wildman–Crippen LogP) is 3.86. The highest BCUT2D eigenvalue weighted by Crippen LogP contribution is 2.31. The fourth-order valence-corrected chi connectivity index (χ4v) is 3.04. The van der Waals surface area contributed by atoms with Crippen molar-refractivity contribution in [2.24, 2.45) is 11.1 Å². The second kappa shape index (κ2) is 6.54. The van der Waals surface area contributed by atoms with E-state index >= 15 is 0 Å². The minimum absolute atomic E-state index is 0.0138. The fraction of sp³-hybridized carbons (Fsp3) is 0.278. The Balaban J connectivity index is 1.86. The van der Waals surface area contributed by atoms with Crippen LogP contribution in [0.1, 0.15) is 25.0 Å². The first kappa shape index (κ1) is 15.7. The number of benzene rings is 2. The maximum absolute atomic E-state index is 12.2. The van der Waals surface area contributed by atoms with Gasteiger partial charge in [0, 0.05) is 11.5 Å². The number of hydrogen-bond acceptors (Lipinski definition) is 4. The van der Waals surface area contributed by atoms with Gasteiger partial charge < -0.3 is 4.74 Å². The quantitative estimate of drug-likeness (QED) is 0.804. The van der Waals surface area contributed by atoms with E-state index in [-0.39, 0.29) is 12.0 Å². The van der Waals surface area contributed by atoms with E-state index in [1.807, 2.05) is 57.2 Å². The summed E-state index contributed by atoms with van der Waals surface area (Å²) in [4.78, 5) is 0.598. The molecule has 120 valence electrons. The van der Waals surface area contributed by atoms with Gasteiger partial charge in [-0.2, -0.15) is 0 Å². The smallest absolute Gasteiger partial charge is 0.265 e. The topological polar surface area (TPSA) is 47.9 Å². The highest BCUT2D eigenvalue weighted by molar-refractivity contribution is 7.80. The molecule has 3 unspecified atom stereocenters. The number of oxime groups is 1. The van der Waals surface area contributed by atoms with Gasteiger partial charge in [-0.25, -0.2) is 4.21 Å². The number of rotatable bonds is 3. The SMILES string of the molecule is Cc1ccc(S(=O)O/N=C2/c3ccccc3OC(C)C2C)cc1. The minimum atomic E-state index is -1.62. The van der Waals surface area contributed by atoms with Crippen molar-refractivity contribution in [2.75, 3.05) is 0 Å². The molecule has 0 radical (unpaired) electrons. The van der Waals surface area contributed by atoms with Gasteiger partial charge in [0.1, 0.15) is 11.9 Å². The summed E-state index contributed by atoms with van der Waals surface area (Å²) in [5.41, 5.74) is 2.76. The Labute approximate surface area is 138 Å². The molecule has 0 saturated carbocycles. The summed E-state index contributed by atoms with van der Waals surface area (Å²) in [5, 5.41) is 4.19. The van der Waals surface area contributed by atoms with Gasteiger partial charge in [-0.15, -0.1) is 0 Å². The Morgan fingerprint density at radius 3 is 2.52 bits per heavy atom. The molecule has 1 aliphatic heterocycles. The maximum atomic E-state index is 12.2. The monoisotopic (exact) mass is 329 g/mol. The van der Waals surface area contributed by atoms with Gasteiger partial charge in [-0.3, -0.25) is 4.28 Å². The van der Waals surface area contributed by atoms with Crippen molar-refractivity contribution in [3.8, 4) is 5.75 Å². The maximum Gasteiger partial charge on any atom is 0.265 e. The molecule has 2 aromatic rings. The summed E-state index contributed by atoms with van der Waals surface area (Å²) in [7, 11) is 0. The first-order valence-electron chi connectivity index (χ1n) is 7.56. The molecule has 2 aromatic carbocycles. The highest BCUT2D eigenvalue weighted by atomic mass is 32.2. The van der Waals surface area contributed by atoms with Crippen LogP contribution in [-0.2, 0) is 15.4 Å². The second-order valence-corrected chi connectivity index (χ2v) is 6.80. The zero-order valence-electron chi connectivity index (χ0n) is 13.4. The van der Waals surface area contributed by atoms with E-state index < -0.39 is 11.1 Å². The molecule has 3 atom stereocenters. The van der Waals surface area contributed by atoms with Gasteiger partial charge >= 0.3 is 0 Å². The fourth-order valence-electron chi connectivity index (χ4n) is 2.45. The lowest BCUT2D eigenvalue weighted by Gasteiger charge is -2.29. The first-order valence-corrected chi connectivity index (χ1v) is 8.63. The van der Waals surface area contributed by atoms with E-state index in [4.69, 9.17) is 9.02 Å². The Morgan fingerprint density at radius 1 is 1.09 bits per heavy atom. The molecule has 0 aromatic heterocycles. The molecule has 1 heterocycles. The Morgan fingerprint density at radius 2 is 1.78 bits per heavy atom. The third-order valence-electron chi connectivity index (χ3n) is 4.03. The van der Waals surface area contributed by atoms with Crippen LogP contribution in [-0.4, -0.2) is 16.0 Å². The van der Waals surface area contributed by atoms with E-state index in [0.717, 1.165) is 22.6 Å². The van der Waals surface area contributed by atoms with Crippen molar-refractivity contribution < 1.29 is 13.2 Å². The van der Waals surface area contributed by atoms with E-state index in [2.05, 4.69) is 5.16 Å². The molecule has 5 heteroatoms.